The Morgan fingerprint density at radius 1 is 1.04 bits per heavy atom. The second kappa shape index (κ2) is 5.93. The molecule has 0 unspecified atom stereocenters. The van der Waals surface area contributed by atoms with E-state index < -0.39 is 0 Å². The summed E-state index contributed by atoms with van der Waals surface area (Å²) in [6, 6.07) is 10.3. The lowest BCUT2D eigenvalue weighted by molar-refractivity contribution is -0.173. The fourth-order valence-corrected chi connectivity index (χ4v) is 3.98. The van der Waals surface area contributed by atoms with E-state index in [1.165, 1.54) is 12.0 Å². The minimum absolute atomic E-state index is 0.214. The molecule has 2 aromatic heterocycles. The van der Waals surface area contributed by atoms with Crippen LogP contribution in [0.3, 0.4) is 0 Å². The highest BCUT2D eigenvalue weighted by molar-refractivity contribution is 5.76. The Hall–Kier alpha value is -2.24. The molecule has 0 aliphatic carbocycles. The fourth-order valence-electron chi connectivity index (χ4n) is 3.98. The molecule has 4 heterocycles. The first-order chi connectivity index (χ1) is 12.3. The Labute approximate surface area is 147 Å². The molecule has 128 valence electrons. The number of hydrogen-bond acceptors (Lipinski definition) is 4. The first-order valence-corrected chi connectivity index (χ1v) is 9.05. The standard InChI is InChI=1S/C20H22N4O/c1-2-4-17(5-3-1)18-13-22-24-15-16(12-21-19(18)24)14-23-9-6-20(7-10-23)8-11-25-20/h1-5,12-13,15H,6-11,14H2. The van der Waals surface area contributed by atoms with E-state index in [4.69, 9.17) is 4.74 Å². The normalized spacial score (nSPS) is 20.0. The van der Waals surface area contributed by atoms with Gasteiger partial charge in [-0.15, -0.1) is 0 Å². The SMILES string of the molecule is c1ccc(-c2cnn3cc(CN4CCC5(CCO5)CC4)cnc23)cc1. The smallest absolute Gasteiger partial charge is 0.162 e. The molecule has 5 nitrogen and oxygen atoms in total. The molecule has 0 bridgehead atoms. The molecule has 5 heteroatoms. The summed E-state index contributed by atoms with van der Waals surface area (Å²) in [6.07, 6.45) is 9.56. The van der Waals surface area contributed by atoms with Gasteiger partial charge < -0.3 is 4.74 Å². The number of rotatable bonds is 3. The molecule has 2 aliphatic heterocycles. The maximum absolute atomic E-state index is 5.81. The molecule has 5 rings (SSSR count). The van der Waals surface area contributed by atoms with Crippen molar-refractivity contribution in [3.05, 3.63) is 54.5 Å². The van der Waals surface area contributed by atoms with Gasteiger partial charge in [0.15, 0.2) is 5.65 Å². The highest BCUT2D eigenvalue weighted by atomic mass is 16.5. The van der Waals surface area contributed by atoms with Gasteiger partial charge in [-0.25, -0.2) is 9.50 Å². The van der Waals surface area contributed by atoms with E-state index in [2.05, 4.69) is 33.3 Å². The average Bonchev–Trinajstić information content (AvgIpc) is 3.05. The zero-order valence-electron chi connectivity index (χ0n) is 14.3. The quantitative estimate of drug-likeness (QED) is 0.738. The number of piperidine rings is 1. The largest absolute Gasteiger partial charge is 0.375 e. The predicted molar refractivity (Wildman–Crippen MR) is 96.2 cm³/mol. The van der Waals surface area contributed by atoms with Crippen LogP contribution in [0.5, 0.6) is 0 Å². The van der Waals surface area contributed by atoms with E-state index in [1.807, 2.05) is 35.1 Å². The van der Waals surface area contributed by atoms with Gasteiger partial charge in [-0.2, -0.15) is 5.10 Å². The molecule has 25 heavy (non-hydrogen) atoms. The predicted octanol–water partition coefficient (Wildman–Crippen LogP) is 3.15. The van der Waals surface area contributed by atoms with Gasteiger partial charge in [0.2, 0.25) is 0 Å². The van der Waals surface area contributed by atoms with Crippen LogP contribution in [0.25, 0.3) is 16.8 Å². The molecule has 1 spiro atoms. The third kappa shape index (κ3) is 2.73. The summed E-state index contributed by atoms with van der Waals surface area (Å²) in [5, 5.41) is 4.51. The van der Waals surface area contributed by atoms with Crippen molar-refractivity contribution < 1.29 is 4.74 Å². The highest BCUT2D eigenvalue weighted by Gasteiger charge is 2.40. The van der Waals surface area contributed by atoms with Crippen molar-refractivity contribution in [3.8, 4) is 11.1 Å². The number of likely N-dealkylation sites (tertiary alicyclic amines) is 1. The van der Waals surface area contributed by atoms with Crippen molar-refractivity contribution in [2.24, 2.45) is 0 Å². The van der Waals surface area contributed by atoms with Crippen LogP contribution in [0.2, 0.25) is 0 Å². The van der Waals surface area contributed by atoms with Gasteiger partial charge in [-0.05, 0) is 24.8 Å². The number of benzene rings is 1. The molecule has 0 atom stereocenters. The summed E-state index contributed by atoms with van der Waals surface area (Å²) in [4.78, 5) is 7.19. The van der Waals surface area contributed by atoms with E-state index in [0.29, 0.717) is 0 Å². The number of aromatic nitrogens is 3. The fraction of sp³-hybridized carbons (Fsp3) is 0.400. The number of hydrogen-bond donors (Lipinski definition) is 0. The van der Waals surface area contributed by atoms with E-state index in [1.54, 1.807) is 0 Å². The topological polar surface area (TPSA) is 42.7 Å². The molecule has 0 radical (unpaired) electrons. The molecular weight excluding hydrogens is 312 g/mol. The van der Waals surface area contributed by atoms with E-state index in [-0.39, 0.29) is 5.60 Å². The van der Waals surface area contributed by atoms with Gasteiger partial charge in [0.25, 0.3) is 0 Å². The van der Waals surface area contributed by atoms with Gasteiger partial charge >= 0.3 is 0 Å². The van der Waals surface area contributed by atoms with Crippen LogP contribution in [-0.2, 0) is 11.3 Å². The van der Waals surface area contributed by atoms with E-state index >= 15 is 0 Å². The molecule has 2 saturated heterocycles. The third-order valence-electron chi connectivity index (χ3n) is 5.63. The lowest BCUT2D eigenvalue weighted by Crippen LogP contribution is -2.52. The van der Waals surface area contributed by atoms with Gasteiger partial charge in [0, 0.05) is 43.2 Å². The van der Waals surface area contributed by atoms with Crippen LogP contribution in [0, 0.1) is 0 Å². The number of nitrogens with zero attached hydrogens (tertiary/aromatic N) is 4. The van der Waals surface area contributed by atoms with Crippen LogP contribution in [0.4, 0.5) is 0 Å². The van der Waals surface area contributed by atoms with E-state index in [0.717, 1.165) is 55.9 Å². The summed E-state index contributed by atoms with van der Waals surface area (Å²) in [7, 11) is 0. The molecular formula is C20H22N4O. The molecule has 0 N–H and O–H groups in total. The van der Waals surface area contributed by atoms with Crippen LogP contribution < -0.4 is 0 Å². The maximum atomic E-state index is 5.81. The van der Waals surface area contributed by atoms with Gasteiger partial charge in [-0.3, -0.25) is 4.90 Å². The van der Waals surface area contributed by atoms with Gasteiger partial charge in [0.05, 0.1) is 18.4 Å². The minimum atomic E-state index is 0.214. The Morgan fingerprint density at radius 2 is 1.84 bits per heavy atom. The second-order valence-corrected chi connectivity index (χ2v) is 7.21. The second-order valence-electron chi connectivity index (χ2n) is 7.21. The van der Waals surface area contributed by atoms with Crippen molar-refractivity contribution >= 4 is 5.65 Å². The average molecular weight is 334 g/mol. The Kier molecular flexibility index (Phi) is 3.57. The van der Waals surface area contributed by atoms with Crippen LogP contribution in [0.1, 0.15) is 24.8 Å². The van der Waals surface area contributed by atoms with Crippen molar-refractivity contribution in [1.82, 2.24) is 19.5 Å². The third-order valence-corrected chi connectivity index (χ3v) is 5.63. The molecule has 2 fully saturated rings. The van der Waals surface area contributed by atoms with Gasteiger partial charge in [0.1, 0.15) is 0 Å². The van der Waals surface area contributed by atoms with Crippen molar-refractivity contribution in [2.45, 2.75) is 31.4 Å². The number of ether oxygens (including phenoxy) is 1. The summed E-state index contributed by atoms with van der Waals surface area (Å²) in [5.41, 5.74) is 4.57. The zero-order valence-corrected chi connectivity index (χ0v) is 14.3. The highest BCUT2D eigenvalue weighted by Crippen LogP contribution is 2.37. The zero-order chi connectivity index (χ0) is 16.7. The summed E-state index contributed by atoms with van der Waals surface area (Å²) in [5.74, 6) is 0. The molecule has 0 amide bonds. The summed E-state index contributed by atoms with van der Waals surface area (Å²) >= 11 is 0. The lowest BCUT2D eigenvalue weighted by atomic mass is 9.84. The van der Waals surface area contributed by atoms with Crippen molar-refractivity contribution in [1.29, 1.82) is 0 Å². The molecule has 1 aromatic carbocycles. The molecule has 2 aliphatic rings. The van der Waals surface area contributed by atoms with Crippen LogP contribution in [-0.4, -0.2) is 44.8 Å². The first-order valence-electron chi connectivity index (χ1n) is 9.05. The van der Waals surface area contributed by atoms with Crippen molar-refractivity contribution in [3.63, 3.8) is 0 Å². The van der Waals surface area contributed by atoms with Crippen molar-refractivity contribution in [2.75, 3.05) is 19.7 Å². The lowest BCUT2D eigenvalue weighted by Gasteiger charge is -2.47. The maximum Gasteiger partial charge on any atom is 0.162 e. The Balaban J connectivity index is 1.33. The monoisotopic (exact) mass is 334 g/mol. The molecule has 0 saturated carbocycles. The van der Waals surface area contributed by atoms with Crippen LogP contribution >= 0.6 is 0 Å². The molecule has 3 aromatic rings. The van der Waals surface area contributed by atoms with E-state index in [9.17, 15) is 0 Å². The Morgan fingerprint density at radius 3 is 2.56 bits per heavy atom. The minimum Gasteiger partial charge on any atom is -0.375 e. The summed E-state index contributed by atoms with van der Waals surface area (Å²) < 4.78 is 7.71. The van der Waals surface area contributed by atoms with Crippen LogP contribution in [0.15, 0.2) is 48.9 Å². The summed E-state index contributed by atoms with van der Waals surface area (Å²) in [6.45, 7) is 4.09. The number of fused-ring (bicyclic) bond motifs is 1. The Bertz CT molecular complexity index is 875. The van der Waals surface area contributed by atoms with Gasteiger partial charge in [-0.1, -0.05) is 30.3 Å². The first kappa shape index (κ1) is 15.0.